The minimum Gasteiger partial charge on any atom is -0.496 e. The van der Waals surface area contributed by atoms with Crippen molar-refractivity contribution in [3.63, 3.8) is 0 Å². The lowest BCUT2D eigenvalue weighted by atomic mass is 9.75. The van der Waals surface area contributed by atoms with Crippen LogP contribution in [0.1, 0.15) is 0 Å². The maximum Gasteiger partial charge on any atom is 0.489 e. The molecule has 0 aliphatic heterocycles. The molecule has 0 fully saturated rings. The van der Waals surface area contributed by atoms with Crippen molar-refractivity contribution in [1.82, 2.24) is 0 Å². The molecule has 4 heteroatoms. The van der Waals surface area contributed by atoms with Crippen molar-refractivity contribution < 1.29 is 14.8 Å². The van der Waals surface area contributed by atoms with Gasteiger partial charge in [0.1, 0.15) is 5.75 Å². The Balaban J connectivity index is 2.60. The molecular weight excluding hydrogens is 215 g/mol. The number of para-hydroxylation sites is 1. The zero-order valence-corrected chi connectivity index (χ0v) is 9.50. The van der Waals surface area contributed by atoms with E-state index in [2.05, 4.69) is 0 Å². The Morgan fingerprint density at radius 3 is 2.12 bits per heavy atom. The van der Waals surface area contributed by atoms with Crippen LogP contribution in [0, 0.1) is 0 Å². The second kappa shape index (κ2) is 5.04. The molecule has 0 bridgehead atoms. The number of rotatable bonds is 3. The topological polar surface area (TPSA) is 49.7 Å². The first-order valence-electron chi connectivity index (χ1n) is 5.32. The van der Waals surface area contributed by atoms with Gasteiger partial charge in [0.15, 0.2) is 0 Å². The molecule has 0 unspecified atom stereocenters. The van der Waals surface area contributed by atoms with E-state index < -0.39 is 7.12 Å². The van der Waals surface area contributed by atoms with E-state index in [1.807, 2.05) is 36.4 Å². The van der Waals surface area contributed by atoms with E-state index in [0.717, 1.165) is 11.1 Å². The molecule has 2 aromatic rings. The van der Waals surface area contributed by atoms with Crippen LogP contribution >= 0.6 is 0 Å². The van der Waals surface area contributed by atoms with Gasteiger partial charge in [0, 0.05) is 5.56 Å². The first-order valence-corrected chi connectivity index (χ1v) is 5.32. The lowest BCUT2D eigenvalue weighted by molar-refractivity contribution is 0.416. The zero-order chi connectivity index (χ0) is 12.3. The van der Waals surface area contributed by atoms with Crippen molar-refractivity contribution in [3.8, 4) is 16.9 Å². The van der Waals surface area contributed by atoms with Gasteiger partial charge >= 0.3 is 7.12 Å². The summed E-state index contributed by atoms with van der Waals surface area (Å²) < 4.78 is 5.27. The summed E-state index contributed by atoms with van der Waals surface area (Å²) in [6.45, 7) is 0. The molecule has 2 aromatic carbocycles. The summed E-state index contributed by atoms with van der Waals surface area (Å²) in [7, 11) is 0.104. The Bertz CT molecular complexity index is 512. The summed E-state index contributed by atoms with van der Waals surface area (Å²) in [6, 6.07) is 14.6. The molecule has 0 aliphatic rings. The molecule has 0 aliphatic carbocycles. The summed E-state index contributed by atoms with van der Waals surface area (Å²) in [5.74, 6) is 0.709. The third-order valence-corrected chi connectivity index (χ3v) is 2.64. The minimum atomic E-state index is -1.49. The highest BCUT2D eigenvalue weighted by molar-refractivity contribution is 6.60. The highest BCUT2D eigenvalue weighted by Crippen LogP contribution is 2.28. The molecule has 3 nitrogen and oxygen atoms in total. The van der Waals surface area contributed by atoms with Crippen molar-refractivity contribution in [2.45, 2.75) is 0 Å². The number of hydrogen-bond donors (Lipinski definition) is 2. The third-order valence-electron chi connectivity index (χ3n) is 2.64. The molecule has 0 saturated heterocycles. The van der Waals surface area contributed by atoms with Crippen LogP contribution in [0.4, 0.5) is 0 Å². The first-order chi connectivity index (χ1) is 8.24. The Kier molecular flexibility index (Phi) is 3.47. The molecule has 0 saturated carbocycles. The molecular formula is C13H13BO3. The fourth-order valence-corrected chi connectivity index (χ4v) is 1.83. The molecule has 2 N–H and O–H groups in total. The molecule has 17 heavy (non-hydrogen) atoms. The average molecular weight is 228 g/mol. The van der Waals surface area contributed by atoms with E-state index in [-0.39, 0.29) is 0 Å². The molecule has 0 radical (unpaired) electrons. The first kappa shape index (κ1) is 11.7. The summed E-state index contributed by atoms with van der Waals surface area (Å²) in [4.78, 5) is 0. The number of hydrogen-bond acceptors (Lipinski definition) is 3. The van der Waals surface area contributed by atoms with E-state index in [1.165, 1.54) is 0 Å². The summed E-state index contributed by atoms with van der Waals surface area (Å²) in [6.07, 6.45) is 0. The maximum absolute atomic E-state index is 9.34. The second-order valence-corrected chi connectivity index (χ2v) is 3.66. The Morgan fingerprint density at radius 2 is 1.47 bits per heavy atom. The van der Waals surface area contributed by atoms with Crippen molar-refractivity contribution in [3.05, 3.63) is 48.5 Å². The van der Waals surface area contributed by atoms with E-state index >= 15 is 0 Å². The van der Waals surface area contributed by atoms with Crippen LogP contribution in [0.3, 0.4) is 0 Å². The number of ether oxygens (including phenoxy) is 1. The van der Waals surface area contributed by atoms with Crippen LogP contribution in [0.5, 0.6) is 5.75 Å². The van der Waals surface area contributed by atoms with Gasteiger partial charge in [-0.1, -0.05) is 42.5 Å². The van der Waals surface area contributed by atoms with Gasteiger partial charge in [-0.25, -0.2) is 0 Å². The van der Waals surface area contributed by atoms with Crippen LogP contribution < -0.4 is 10.2 Å². The van der Waals surface area contributed by atoms with Crippen molar-refractivity contribution in [2.24, 2.45) is 0 Å². The van der Waals surface area contributed by atoms with E-state index in [0.29, 0.717) is 11.2 Å². The van der Waals surface area contributed by atoms with E-state index in [9.17, 15) is 10.0 Å². The molecule has 0 atom stereocenters. The van der Waals surface area contributed by atoms with Crippen LogP contribution in [-0.2, 0) is 0 Å². The summed E-state index contributed by atoms with van der Waals surface area (Å²) >= 11 is 0. The third kappa shape index (κ3) is 2.33. The molecule has 86 valence electrons. The summed E-state index contributed by atoms with van der Waals surface area (Å²) in [5, 5.41) is 18.7. The highest BCUT2D eigenvalue weighted by atomic mass is 16.5. The van der Waals surface area contributed by atoms with Crippen LogP contribution in [0.2, 0.25) is 0 Å². The fourth-order valence-electron chi connectivity index (χ4n) is 1.83. The SMILES string of the molecule is COc1ccccc1-c1ccccc1B(O)O. The second-order valence-electron chi connectivity index (χ2n) is 3.66. The van der Waals surface area contributed by atoms with Gasteiger partial charge in [0.05, 0.1) is 7.11 Å². The number of methoxy groups -OCH3 is 1. The van der Waals surface area contributed by atoms with Gasteiger partial charge in [-0.2, -0.15) is 0 Å². The monoisotopic (exact) mass is 228 g/mol. The lowest BCUT2D eigenvalue weighted by Gasteiger charge is -2.12. The predicted octanol–water partition coefficient (Wildman–Crippen LogP) is 1.04. The summed E-state index contributed by atoms with van der Waals surface area (Å²) in [5.41, 5.74) is 2.08. The van der Waals surface area contributed by atoms with Gasteiger partial charge in [0.25, 0.3) is 0 Å². The quantitative estimate of drug-likeness (QED) is 0.771. The molecule has 2 rings (SSSR count). The van der Waals surface area contributed by atoms with Gasteiger partial charge in [-0.15, -0.1) is 0 Å². The standard InChI is InChI=1S/C13H13BO3/c1-17-13-9-5-3-7-11(13)10-6-2-4-8-12(10)14(15)16/h2-9,15-16H,1H3. The normalized spacial score (nSPS) is 10.1. The van der Waals surface area contributed by atoms with Crippen molar-refractivity contribution >= 4 is 12.6 Å². The van der Waals surface area contributed by atoms with Gasteiger partial charge in [0.2, 0.25) is 0 Å². The Hall–Kier alpha value is -1.78. The average Bonchev–Trinajstić information content (AvgIpc) is 2.38. The lowest BCUT2D eigenvalue weighted by Crippen LogP contribution is -2.31. The zero-order valence-electron chi connectivity index (χ0n) is 9.50. The molecule has 0 spiro atoms. The van der Waals surface area contributed by atoms with Gasteiger partial charge in [-0.05, 0) is 17.1 Å². The predicted molar refractivity (Wildman–Crippen MR) is 68.3 cm³/mol. The Labute approximate surface area is 100 Å². The van der Waals surface area contributed by atoms with Crippen LogP contribution in [-0.4, -0.2) is 24.3 Å². The largest absolute Gasteiger partial charge is 0.496 e. The molecule has 0 aromatic heterocycles. The number of benzene rings is 2. The van der Waals surface area contributed by atoms with Crippen molar-refractivity contribution in [2.75, 3.05) is 7.11 Å². The maximum atomic E-state index is 9.34. The van der Waals surface area contributed by atoms with Crippen molar-refractivity contribution in [1.29, 1.82) is 0 Å². The molecule has 0 amide bonds. The smallest absolute Gasteiger partial charge is 0.489 e. The fraction of sp³-hybridized carbons (Fsp3) is 0.0769. The minimum absolute atomic E-state index is 0.469. The van der Waals surface area contributed by atoms with E-state index in [1.54, 1.807) is 19.2 Å². The van der Waals surface area contributed by atoms with Gasteiger partial charge in [-0.3, -0.25) is 0 Å². The Morgan fingerprint density at radius 1 is 0.882 bits per heavy atom. The van der Waals surface area contributed by atoms with E-state index in [4.69, 9.17) is 4.74 Å². The van der Waals surface area contributed by atoms with Crippen LogP contribution in [0.25, 0.3) is 11.1 Å². The van der Waals surface area contributed by atoms with Crippen LogP contribution in [0.15, 0.2) is 48.5 Å². The van der Waals surface area contributed by atoms with Gasteiger partial charge < -0.3 is 14.8 Å². The highest BCUT2D eigenvalue weighted by Gasteiger charge is 2.17. The molecule has 0 heterocycles.